The SMILES string of the molecule is CNC(=O)COc1cc2cc(Nc3nc(N4CCC(OC5CCC5)CC4)ncc3Cl)ccc2n(CC(C)C)c1=O.O=C1CCC(N2Cc3c(ccc(C4CCNCC4)c3F)C2=O)C(=O)N1. The Kier molecular flexibility index (Phi) is 14.3. The molecule has 0 spiro atoms. The smallest absolute Gasteiger partial charge is 0.293 e. The first-order chi connectivity index (χ1) is 31.4. The maximum Gasteiger partial charge on any atom is 0.293 e. The molecule has 3 saturated heterocycles. The number of benzene rings is 2. The number of fused-ring (bicyclic) bond motifs is 2. The minimum atomic E-state index is -0.709. The van der Waals surface area contributed by atoms with Gasteiger partial charge in [0, 0.05) is 55.3 Å². The number of rotatable bonds is 12. The zero-order valence-electron chi connectivity index (χ0n) is 37.1. The largest absolute Gasteiger partial charge is 0.478 e. The van der Waals surface area contributed by atoms with Crippen molar-refractivity contribution in [3.8, 4) is 5.75 Å². The summed E-state index contributed by atoms with van der Waals surface area (Å²) in [5.41, 5.74) is 2.64. The van der Waals surface area contributed by atoms with Crippen LogP contribution in [-0.2, 0) is 32.2 Å². The number of imide groups is 1. The molecule has 5 aliphatic rings. The van der Waals surface area contributed by atoms with Gasteiger partial charge < -0.3 is 39.8 Å². The molecule has 1 unspecified atom stereocenters. The van der Waals surface area contributed by atoms with Gasteiger partial charge in [-0.2, -0.15) is 4.98 Å². The minimum Gasteiger partial charge on any atom is -0.478 e. The summed E-state index contributed by atoms with van der Waals surface area (Å²) in [6.07, 6.45) is 10.2. The molecule has 4 aliphatic heterocycles. The van der Waals surface area contributed by atoms with Crippen molar-refractivity contribution in [1.29, 1.82) is 0 Å². The fraction of sp³-hybridized carbons (Fsp3) is 0.511. The van der Waals surface area contributed by atoms with Crippen molar-refractivity contribution < 1.29 is 33.0 Å². The molecule has 2 aromatic heterocycles. The standard InChI is InChI=1S/C29H37ClN6O4.C18H20FN3O3/c1-18(2)16-36-24-8-7-20(13-19(24)14-25(28(36)38)39-17-26(37)31-3)33-27-23(30)15-32-29(34-27)35-11-9-22(10-12-35)40-21-5-4-6-21;19-16-11(10-5-7-20-8-6-10)1-2-12-13(16)9-22(18(12)25)14-3-4-15(23)21-17(14)24/h7-8,13-15,18,21-22H,4-6,9-12,16-17H2,1-3H3,(H,31,37)(H,32,33,34);1-2,10,14,20H,3-9H2,(H,21,23,24). The predicted octanol–water partition coefficient (Wildman–Crippen LogP) is 5.56. The van der Waals surface area contributed by atoms with Crippen molar-refractivity contribution in [3.05, 3.63) is 80.5 Å². The molecule has 2 aromatic carbocycles. The quantitative estimate of drug-likeness (QED) is 0.130. The van der Waals surface area contributed by atoms with Gasteiger partial charge in [-0.25, -0.2) is 9.37 Å². The summed E-state index contributed by atoms with van der Waals surface area (Å²) in [5, 5.41) is 12.5. The number of likely N-dealkylation sites (N-methyl/N-ethyl adjacent to an activating group) is 1. The van der Waals surface area contributed by atoms with Crippen molar-refractivity contribution in [2.24, 2.45) is 5.92 Å². The molecule has 1 saturated carbocycles. The molecule has 0 radical (unpaired) electrons. The molecule has 4 N–H and O–H groups in total. The Balaban J connectivity index is 0.000000197. The summed E-state index contributed by atoms with van der Waals surface area (Å²) in [6, 6.07) is 10.1. The normalized spacial score (nSPS) is 19.4. The molecule has 16 nitrogen and oxygen atoms in total. The lowest BCUT2D eigenvalue weighted by Crippen LogP contribution is -2.52. The van der Waals surface area contributed by atoms with E-state index in [4.69, 9.17) is 26.1 Å². The van der Waals surface area contributed by atoms with E-state index in [2.05, 4.69) is 31.2 Å². The number of ether oxygens (including phenoxy) is 2. The maximum absolute atomic E-state index is 15.1. The lowest BCUT2D eigenvalue weighted by molar-refractivity contribution is -0.137. The van der Waals surface area contributed by atoms with Crippen LogP contribution in [0.3, 0.4) is 0 Å². The van der Waals surface area contributed by atoms with Crippen molar-refractivity contribution in [1.82, 2.24) is 35.4 Å². The van der Waals surface area contributed by atoms with Gasteiger partial charge in [-0.3, -0.25) is 29.3 Å². The summed E-state index contributed by atoms with van der Waals surface area (Å²) < 4.78 is 28.6. The molecule has 4 fully saturated rings. The van der Waals surface area contributed by atoms with E-state index in [0.717, 1.165) is 68.5 Å². The second kappa shape index (κ2) is 20.3. The van der Waals surface area contributed by atoms with Gasteiger partial charge in [-0.1, -0.05) is 31.5 Å². The number of aromatic nitrogens is 3. The number of anilines is 3. The molecule has 346 valence electrons. The lowest BCUT2D eigenvalue weighted by Gasteiger charge is -2.36. The summed E-state index contributed by atoms with van der Waals surface area (Å²) in [4.78, 5) is 73.7. The van der Waals surface area contributed by atoms with Crippen LogP contribution in [-0.4, -0.2) is 101 Å². The second-order valence-electron chi connectivity index (χ2n) is 17.8. The Bertz CT molecular complexity index is 2500. The molecule has 6 heterocycles. The molecule has 4 aromatic rings. The molecular weight excluding hydrogens is 857 g/mol. The Morgan fingerprint density at radius 1 is 0.985 bits per heavy atom. The lowest BCUT2D eigenvalue weighted by atomic mass is 9.88. The molecule has 0 bridgehead atoms. The molecule has 4 amide bonds. The zero-order chi connectivity index (χ0) is 45.8. The minimum absolute atomic E-state index is 0.0884. The van der Waals surface area contributed by atoms with Crippen molar-refractivity contribution >= 4 is 63.6 Å². The third-order valence-electron chi connectivity index (χ3n) is 12.9. The van der Waals surface area contributed by atoms with E-state index in [1.165, 1.54) is 31.2 Å². The molecule has 18 heteroatoms. The van der Waals surface area contributed by atoms with Crippen LogP contribution in [0, 0.1) is 11.7 Å². The van der Waals surface area contributed by atoms with Gasteiger partial charge in [0.2, 0.25) is 17.8 Å². The summed E-state index contributed by atoms with van der Waals surface area (Å²) in [5.74, 6) is -0.104. The van der Waals surface area contributed by atoms with Crippen LogP contribution in [0.1, 0.15) is 99.0 Å². The summed E-state index contributed by atoms with van der Waals surface area (Å²) in [6.45, 7) is 7.86. The number of nitrogens with one attached hydrogen (secondary N) is 4. The maximum atomic E-state index is 15.1. The van der Waals surface area contributed by atoms with Crippen LogP contribution < -0.4 is 36.5 Å². The van der Waals surface area contributed by atoms with E-state index >= 15 is 4.39 Å². The van der Waals surface area contributed by atoms with Gasteiger partial charge in [0.05, 0.1) is 30.5 Å². The van der Waals surface area contributed by atoms with Gasteiger partial charge >= 0.3 is 0 Å². The number of halogens is 2. The summed E-state index contributed by atoms with van der Waals surface area (Å²) >= 11 is 6.49. The number of hydrogen-bond acceptors (Lipinski definition) is 12. The number of piperidine rings is 3. The average Bonchev–Trinajstić information content (AvgIpc) is 3.62. The van der Waals surface area contributed by atoms with E-state index in [0.29, 0.717) is 52.2 Å². The molecule has 1 atom stereocenters. The Labute approximate surface area is 382 Å². The van der Waals surface area contributed by atoms with Crippen molar-refractivity contribution in [2.45, 2.75) is 109 Å². The topological polar surface area (TPSA) is 189 Å². The van der Waals surface area contributed by atoms with Gasteiger partial charge in [-0.05, 0) is 112 Å². The van der Waals surface area contributed by atoms with Crippen molar-refractivity contribution in [2.75, 3.05) is 50.1 Å². The van der Waals surface area contributed by atoms with Gasteiger partial charge in [0.1, 0.15) is 16.9 Å². The predicted molar refractivity (Wildman–Crippen MR) is 244 cm³/mol. The van der Waals surface area contributed by atoms with Gasteiger partial charge in [0.25, 0.3) is 17.4 Å². The van der Waals surface area contributed by atoms with Crippen molar-refractivity contribution in [3.63, 3.8) is 0 Å². The number of pyridine rings is 1. The highest BCUT2D eigenvalue weighted by Gasteiger charge is 2.41. The van der Waals surface area contributed by atoms with E-state index in [9.17, 15) is 24.0 Å². The first-order valence-corrected chi connectivity index (χ1v) is 23.1. The van der Waals surface area contributed by atoms with Crippen LogP contribution in [0.25, 0.3) is 10.9 Å². The van der Waals surface area contributed by atoms with Gasteiger partial charge in [-0.15, -0.1) is 0 Å². The van der Waals surface area contributed by atoms with Crippen LogP contribution in [0.2, 0.25) is 5.02 Å². The third kappa shape index (κ3) is 10.4. The number of carbonyl (C=O) groups is 4. The highest BCUT2D eigenvalue weighted by molar-refractivity contribution is 6.33. The van der Waals surface area contributed by atoms with Crippen LogP contribution in [0.5, 0.6) is 5.75 Å². The van der Waals surface area contributed by atoms with Crippen LogP contribution in [0.15, 0.2) is 47.4 Å². The fourth-order valence-corrected chi connectivity index (χ4v) is 9.22. The molecule has 9 rings (SSSR count). The van der Waals surface area contributed by atoms with Crippen LogP contribution >= 0.6 is 11.6 Å². The average molecular weight is 914 g/mol. The Morgan fingerprint density at radius 3 is 2.43 bits per heavy atom. The van der Waals surface area contributed by atoms with E-state index in [1.54, 1.807) is 29.0 Å². The zero-order valence-corrected chi connectivity index (χ0v) is 37.8. The fourth-order valence-electron chi connectivity index (χ4n) is 9.08. The van der Waals surface area contributed by atoms with Gasteiger partial charge in [0.15, 0.2) is 18.2 Å². The number of nitrogens with zero attached hydrogens (tertiary/aromatic N) is 5. The van der Waals surface area contributed by atoms with E-state index in [1.807, 2.05) is 32.0 Å². The van der Waals surface area contributed by atoms with Crippen LogP contribution in [0.4, 0.5) is 21.8 Å². The Morgan fingerprint density at radius 2 is 1.74 bits per heavy atom. The monoisotopic (exact) mass is 913 g/mol. The first-order valence-electron chi connectivity index (χ1n) is 22.7. The number of carbonyl (C=O) groups excluding carboxylic acids is 4. The highest BCUT2D eigenvalue weighted by Crippen LogP contribution is 2.36. The molecule has 1 aliphatic carbocycles. The molecular formula is C47H57ClFN9O7. The summed E-state index contributed by atoms with van der Waals surface area (Å²) in [7, 11) is 1.53. The Hall–Kier alpha value is -5.65. The second-order valence-corrected chi connectivity index (χ2v) is 18.2. The number of amides is 4. The highest BCUT2D eigenvalue weighted by atomic mass is 35.5. The van der Waals surface area contributed by atoms with E-state index < -0.39 is 11.9 Å². The van der Waals surface area contributed by atoms with E-state index in [-0.39, 0.29) is 72.7 Å². The number of hydrogen-bond donors (Lipinski definition) is 4. The first kappa shape index (κ1) is 45.9. The molecule has 65 heavy (non-hydrogen) atoms. The third-order valence-corrected chi connectivity index (χ3v) is 13.1.